The Morgan fingerprint density at radius 2 is 1.86 bits per heavy atom. The normalized spacial score (nSPS) is 11.2. The third kappa shape index (κ3) is 4.54. The predicted molar refractivity (Wildman–Crippen MR) is 82.9 cm³/mol. The number of aliphatic hydroxyl groups excluding tert-OH is 2. The van der Waals surface area contributed by atoms with E-state index in [4.69, 9.17) is 26.6 Å². The van der Waals surface area contributed by atoms with Gasteiger partial charge < -0.3 is 14.9 Å². The number of aliphatic hydroxyl groups is 2. The molecule has 0 amide bonds. The van der Waals surface area contributed by atoms with E-state index in [9.17, 15) is 0 Å². The average Bonchev–Trinajstić information content (AvgIpc) is 2.47. The molecule has 114 valence electrons. The molecule has 1 aromatic carbocycles. The number of benzene rings is 1. The Morgan fingerprint density at radius 1 is 1.10 bits per heavy atom. The third-order valence-electron chi connectivity index (χ3n) is 3.16. The maximum atomic E-state index is 8.96. The van der Waals surface area contributed by atoms with Gasteiger partial charge >= 0.3 is 0 Å². The molecule has 2 N–H and O–H groups in total. The van der Waals surface area contributed by atoms with Gasteiger partial charge in [0.1, 0.15) is 12.4 Å². The number of ether oxygens (including phenoxy) is 1. The Morgan fingerprint density at radius 3 is 2.57 bits per heavy atom. The molecule has 0 aliphatic rings. The topological polar surface area (TPSA) is 65.8 Å². The lowest BCUT2D eigenvalue weighted by atomic mass is 10.2. The monoisotopic (exact) mass is 310 g/mol. The zero-order chi connectivity index (χ0) is 15.1. The Labute approximate surface area is 128 Å². The van der Waals surface area contributed by atoms with E-state index in [0.717, 1.165) is 16.7 Å². The molecule has 0 bridgehead atoms. The van der Waals surface area contributed by atoms with Gasteiger partial charge in [0.2, 0.25) is 0 Å². The zero-order valence-corrected chi connectivity index (χ0v) is 12.5. The molecule has 2 aromatic rings. The van der Waals surface area contributed by atoms with E-state index in [-0.39, 0.29) is 13.2 Å². The van der Waals surface area contributed by atoms with Crippen LogP contribution in [-0.2, 0) is 0 Å². The minimum atomic E-state index is 0.0662. The number of hydrogen-bond donors (Lipinski definition) is 2. The first kappa shape index (κ1) is 16.0. The zero-order valence-electron chi connectivity index (χ0n) is 11.7. The summed E-state index contributed by atoms with van der Waals surface area (Å²) in [6, 6.07) is 7.31. The molecule has 5 nitrogen and oxygen atoms in total. The molecule has 0 saturated carbocycles. The van der Waals surface area contributed by atoms with Crippen LogP contribution in [0.3, 0.4) is 0 Å². The molecule has 0 fully saturated rings. The van der Waals surface area contributed by atoms with E-state index < -0.39 is 0 Å². The molecule has 0 aliphatic carbocycles. The molecular weight excluding hydrogens is 292 g/mol. The molecule has 0 radical (unpaired) electrons. The summed E-state index contributed by atoms with van der Waals surface area (Å²) in [7, 11) is 0. The van der Waals surface area contributed by atoms with Gasteiger partial charge in [-0.05, 0) is 24.3 Å². The van der Waals surface area contributed by atoms with Gasteiger partial charge in [-0.1, -0.05) is 11.6 Å². The van der Waals surface area contributed by atoms with Crippen LogP contribution in [0.15, 0.2) is 30.5 Å². The fourth-order valence-corrected chi connectivity index (χ4v) is 2.29. The van der Waals surface area contributed by atoms with Crippen LogP contribution in [0.25, 0.3) is 10.9 Å². The highest BCUT2D eigenvalue weighted by Crippen LogP contribution is 2.26. The van der Waals surface area contributed by atoms with Crippen LogP contribution in [0.2, 0.25) is 5.02 Å². The number of fused-ring (bicyclic) bond motifs is 1. The van der Waals surface area contributed by atoms with Crippen LogP contribution in [0.4, 0.5) is 0 Å². The average molecular weight is 311 g/mol. The molecule has 1 aromatic heterocycles. The fraction of sp³-hybridized carbons (Fsp3) is 0.400. The number of nitrogens with zero attached hydrogens (tertiary/aromatic N) is 2. The van der Waals surface area contributed by atoms with Gasteiger partial charge in [0.25, 0.3) is 0 Å². The fourth-order valence-electron chi connectivity index (χ4n) is 2.12. The summed E-state index contributed by atoms with van der Waals surface area (Å²) in [4.78, 5) is 6.21. The van der Waals surface area contributed by atoms with Crippen molar-refractivity contribution in [3.05, 3.63) is 35.5 Å². The number of halogens is 1. The lowest BCUT2D eigenvalue weighted by Crippen LogP contribution is -2.33. The maximum Gasteiger partial charge on any atom is 0.130 e. The molecule has 6 heteroatoms. The van der Waals surface area contributed by atoms with Crippen LogP contribution in [0.5, 0.6) is 5.75 Å². The first-order chi connectivity index (χ1) is 10.2. The van der Waals surface area contributed by atoms with Crippen molar-refractivity contribution in [1.82, 2.24) is 9.88 Å². The largest absolute Gasteiger partial charge is 0.491 e. The second-order valence-corrected chi connectivity index (χ2v) is 5.04. The highest BCUT2D eigenvalue weighted by Gasteiger charge is 2.06. The lowest BCUT2D eigenvalue weighted by molar-refractivity contribution is 0.142. The van der Waals surface area contributed by atoms with Gasteiger partial charge in [0.15, 0.2) is 0 Å². The molecular formula is C15H19ClN2O3. The van der Waals surface area contributed by atoms with Crippen molar-refractivity contribution in [1.29, 1.82) is 0 Å². The summed E-state index contributed by atoms with van der Waals surface area (Å²) in [5, 5.41) is 19.5. The van der Waals surface area contributed by atoms with Crippen LogP contribution < -0.4 is 4.74 Å². The number of hydrogen-bond acceptors (Lipinski definition) is 5. The van der Waals surface area contributed by atoms with Crippen molar-refractivity contribution in [2.24, 2.45) is 0 Å². The summed E-state index contributed by atoms with van der Waals surface area (Å²) in [6.45, 7) is 2.29. The first-order valence-corrected chi connectivity index (χ1v) is 7.23. The first-order valence-electron chi connectivity index (χ1n) is 6.85. The van der Waals surface area contributed by atoms with E-state index >= 15 is 0 Å². The third-order valence-corrected chi connectivity index (χ3v) is 3.40. The van der Waals surface area contributed by atoms with Crippen LogP contribution >= 0.6 is 11.6 Å². The second-order valence-electron chi connectivity index (χ2n) is 4.61. The summed E-state index contributed by atoms with van der Waals surface area (Å²) in [5.74, 6) is 0.754. The summed E-state index contributed by atoms with van der Waals surface area (Å²) >= 11 is 5.95. The number of pyridine rings is 1. The van der Waals surface area contributed by atoms with Gasteiger partial charge in [0, 0.05) is 36.2 Å². The highest BCUT2D eigenvalue weighted by atomic mass is 35.5. The Kier molecular flexibility index (Phi) is 6.20. The summed E-state index contributed by atoms with van der Waals surface area (Å²) < 4.78 is 5.79. The van der Waals surface area contributed by atoms with Gasteiger partial charge in [0.05, 0.1) is 18.7 Å². The van der Waals surface area contributed by atoms with E-state index in [2.05, 4.69) is 4.98 Å². The quantitative estimate of drug-likeness (QED) is 0.774. The van der Waals surface area contributed by atoms with Crippen molar-refractivity contribution in [3.63, 3.8) is 0 Å². The minimum Gasteiger partial charge on any atom is -0.491 e. The molecule has 0 aliphatic heterocycles. The van der Waals surface area contributed by atoms with Crippen LogP contribution in [0.1, 0.15) is 0 Å². The highest BCUT2D eigenvalue weighted by molar-refractivity contribution is 6.31. The van der Waals surface area contributed by atoms with Crippen molar-refractivity contribution in [2.75, 3.05) is 39.5 Å². The lowest BCUT2D eigenvalue weighted by Gasteiger charge is -2.20. The van der Waals surface area contributed by atoms with E-state index in [1.807, 2.05) is 23.1 Å². The van der Waals surface area contributed by atoms with E-state index in [1.54, 1.807) is 12.3 Å². The van der Waals surface area contributed by atoms with Gasteiger partial charge in [-0.15, -0.1) is 0 Å². The predicted octanol–water partition coefficient (Wildman–Crippen LogP) is 1.55. The molecule has 0 saturated heterocycles. The van der Waals surface area contributed by atoms with E-state index in [0.29, 0.717) is 31.3 Å². The maximum absolute atomic E-state index is 8.96. The Hall–Kier alpha value is -1.40. The molecule has 0 spiro atoms. The van der Waals surface area contributed by atoms with Crippen LogP contribution in [0, 0.1) is 0 Å². The summed E-state index contributed by atoms with van der Waals surface area (Å²) in [5.41, 5.74) is 0.794. The standard InChI is InChI=1S/C15H19ClN2O3/c16-12-1-2-13-14(11-12)17-4-3-15(13)21-10-7-18(5-8-19)6-9-20/h1-4,11,19-20H,5-10H2. The van der Waals surface area contributed by atoms with Gasteiger partial charge in [-0.3, -0.25) is 9.88 Å². The van der Waals surface area contributed by atoms with Crippen molar-refractivity contribution in [3.8, 4) is 5.75 Å². The summed E-state index contributed by atoms with van der Waals surface area (Å²) in [6.07, 6.45) is 1.69. The smallest absolute Gasteiger partial charge is 0.130 e. The number of rotatable bonds is 8. The van der Waals surface area contributed by atoms with E-state index in [1.165, 1.54) is 0 Å². The Bertz CT molecular complexity index is 574. The molecule has 0 unspecified atom stereocenters. The molecule has 21 heavy (non-hydrogen) atoms. The van der Waals surface area contributed by atoms with Crippen molar-refractivity contribution < 1.29 is 14.9 Å². The van der Waals surface area contributed by atoms with Crippen molar-refractivity contribution >= 4 is 22.5 Å². The number of aromatic nitrogens is 1. The van der Waals surface area contributed by atoms with Gasteiger partial charge in [-0.2, -0.15) is 0 Å². The SMILES string of the molecule is OCCN(CCO)CCOc1ccnc2cc(Cl)ccc12. The molecule has 2 rings (SSSR count). The minimum absolute atomic E-state index is 0.0662. The van der Waals surface area contributed by atoms with Gasteiger partial charge in [-0.25, -0.2) is 0 Å². The molecule has 1 heterocycles. The second kappa shape index (κ2) is 8.14. The van der Waals surface area contributed by atoms with Crippen LogP contribution in [-0.4, -0.2) is 59.6 Å². The van der Waals surface area contributed by atoms with Crippen molar-refractivity contribution in [2.45, 2.75) is 0 Å². The Balaban J connectivity index is 2.00. The molecule has 0 atom stereocenters.